The summed E-state index contributed by atoms with van der Waals surface area (Å²) in [6.45, 7) is 1.02. The van der Waals surface area contributed by atoms with Crippen LogP contribution in [0.15, 0.2) is 22.6 Å². The first-order valence-electron chi connectivity index (χ1n) is 5.72. The molecule has 9 nitrogen and oxygen atoms in total. The number of nitrogen functional groups attached to an aromatic ring is 1. The van der Waals surface area contributed by atoms with Crippen LogP contribution >= 0.6 is 0 Å². The van der Waals surface area contributed by atoms with Crippen LogP contribution in [0.3, 0.4) is 0 Å². The lowest BCUT2D eigenvalue weighted by atomic mass is 10.1. The minimum Gasteiger partial charge on any atom is -0.403 e. The second kappa shape index (κ2) is 5.97. The number of nitrogens with zero attached hydrogens (tertiary/aromatic N) is 3. The SMILES string of the molecule is COCCNc1ccc([N+](=O)[O-])cc1-c1nnc(N)o1. The van der Waals surface area contributed by atoms with Gasteiger partial charge in [-0.25, -0.2) is 0 Å². The van der Waals surface area contributed by atoms with Gasteiger partial charge in [-0.2, -0.15) is 0 Å². The molecule has 0 unspecified atom stereocenters. The van der Waals surface area contributed by atoms with Crippen LogP contribution in [0.25, 0.3) is 11.5 Å². The minimum atomic E-state index is -0.498. The Kier molecular flexibility index (Phi) is 4.11. The number of hydrogen-bond acceptors (Lipinski definition) is 8. The Morgan fingerprint density at radius 1 is 1.50 bits per heavy atom. The Morgan fingerprint density at radius 2 is 2.30 bits per heavy atom. The molecule has 0 saturated heterocycles. The van der Waals surface area contributed by atoms with Gasteiger partial charge in [0.1, 0.15) is 0 Å². The lowest BCUT2D eigenvalue weighted by molar-refractivity contribution is -0.384. The number of anilines is 2. The van der Waals surface area contributed by atoms with Crippen LogP contribution in [-0.2, 0) is 4.74 Å². The van der Waals surface area contributed by atoms with E-state index in [2.05, 4.69) is 15.5 Å². The van der Waals surface area contributed by atoms with Gasteiger partial charge in [0.2, 0.25) is 0 Å². The molecule has 20 heavy (non-hydrogen) atoms. The monoisotopic (exact) mass is 279 g/mol. The number of nitro benzene ring substituents is 1. The summed E-state index contributed by atoms with van der Waals surface area (Å²) in [6, 6.07) is 4.21. The minimum absolute atomic E-state index is 0.0749. The summed E-state index contributed by atoms with van der Waals surface area (Å²) >= 11 is 0. The van der Waals surface area contributed by atoms with E-state index in [9.17, 15) is 10.1 Å². The van der Waals surface area contributed by atoms with E-state index in [1.165, 1.54) is 12.1 Å². The van der Waals surface area contributed by atoms with Gasteiger partial charge >= 0.3 is 6.01 Å². The first-order valence-corrected chi connectivity index (χ1v) is 5.72. The average molecular weight is 279 g/mol. The molecule has 0 radical (unpaired) electrons. The van der Waals surface area contributed by atoms with Crippen molar-refractivity contribution in [2.75, 3.05) is 31.3 Å². The van der Waals surface area contributed by atoms with Gasteiger partial charge in [-0.1, -0.05) is 5.10 Å². The van der Waals surface area contributed by atoms with Crippen LogP contribution < -0.4 is 11.1 Å². The molecule has 0 atom stereocenters. The highest BCUT2D eigenvalue weighted by molar-refractivity contribution is 5.75. The number of methoxy groups -OCH3 is 1. The zero-order valence-electron chi connectivity index (χ0n) is 10.7. The summed E-state index contributed by atoms with van der Waals surface area (Å²) in [4.78, 5) is 10.3. The molecule has 2 aromatic rings. The van der Waals surface area contributed by atoms with Crippen molar-refractivity contribution < 1.29 is 14.1 Å². The van der Waals surface area contributed by atoms with Gasteiger partial charge in [-0.3, -0.25) is 10.1 Å². The smallest absolute Gasteiger partial charge is 0.313 e. The van der Waals surface area contributed by atoms with Gasteiger partial charge in [-0.15, -0.1) is 5.10 Å². The van der Waals surface area contributed by atoms with Crippen LogP contribution in [0.5, 0.6) is 0 Å². The first-order chi connectivity index (χ1) is 9.61. The van der Waals surface area contributed by atoms with Crippen molar-refractivity contribution in [3.05, 3.63) is 28.3 Å². The van der Waals surface area contributed by atoms with Gasteiger partial charge in [0.05, 0.1) is 17.1 Å². The molecule has 2 rings (SSSR count). The zero-order chi connectivity index (χ0) is 14.5. The lowest BCUT2D eigenvalue weighted by Crippen LogP contribution is -2.08. The van der Waals surface area contributed by atoms with Crippen LogP contribution in [0.1, 0.15) is 0 Å². The van der Waals surface area contributed by atoms with Crippen LogP contribution in [-0.4, -0.2) is 35.4 Å². The number of non-ortho nitro benzene ring substituents is 1. The molecular formula is C11H13N5O4. The highest BCUT2D eigenvalue weighted by Crippen LogP contribution is 2.31. The van der Waals surface area contributed by atoms with E-state index in [0.29, 0.717) is 24.4 Å². The average Bonchev–Trinajstić information content (AvgIpc) is 2.85. The molecule has 0 fully saturated rings. The molecule has 1 aromatic carbocycles. The lowest BCUT2D eigenvalue weighted by Gasteiger charge is -2.09. The Morgan fingerprint density at radius 3 is 2.90 bits per heavy atom. The van der Waals surface area contributed by atoms with E-state index in [0.717, 1.165) is 0 Å². The highest BCUT2D eigenvalue weighted by atomic mass is 16.6. The molecule has 1 aromatic heterocycles. The number of aromatic nitrogens is 2. The number of nitro groups is 1. The molecule has 106 valence electrons. The molecular weight excluding hydrogens is 266 g/mol. The maximum absolute atomic E-state index is 10.8. The van der Waals surface area contributed by atoms with Crippen molar-refractivity contribution in [3.63, 3.8) is 0 Å². The van der Waals surface area contributed by atoms with E-state index in [-0.39, 0.29) is 17.6 Å². The number of nitrogens with one attached hydrogen (secondary N) is 1. The van der Waals surface area contributed by atoms with Gasteiger partial charge in [0.15, 0.2) is 0 Å². The van der Waals surface area contributed by atoms with Crippen molar-refractivity contribution in [1.82, 2.24) is 10.2 Å². The molecule has 9 heteroatoms. The van der Waals surface area contributed by atoms with Crippen molar-refractivity contribution in [2.45, 2.75) is 0 Å². The number of rotatable bonds is 6. The molecule has 0 bridgehead atoms. The summed E-state index contributed by atoms with van der Waals surface area (Å²) in [5.74, 6) is 0.117. The van der Waals surface area contributed by atoms with E-state index >= 15 is 0 Å². The summed E-state index contributed by atoms with van der Waals surface area (Å²) < 4.78 is 10.0. The van der Waals surface area contributed by atoms with Crippen molar-refractivity contribution in [3.8, 4) is 11.5 Å². The zero-order valence-corrected chi connectivity index (χ0v) is 10.7. The molecule has 0 aliphatic rings. The van der Waals surface area contributed by atoms with Gasteiger partial charge in [0, 0.05) is 31.5 Å². The number of hydrogen-bond donors (Lipinski definition) is 2. The van der Waals surface area contributed by atoms with Crippen LogP contribution in [0.2, 0.25) is 0 Å². The van der Waals surface area contributed by atoms with Gasteiger partial charge < -0.3 is 20.2 Å². The topological polar surface area (TPSA) is 129 Å². The Balaban J connectivity index is 2.37. The normalized spacial score (nSPS) is 10.4. The standard InChI is InChI=1S/C11H13N5O4/c1-19-5-4-13-9-3-2-7(16(17)18)6-8(9)10-14-15-11(12)20-10/h2-3,6,13H,4-5H2,1H3,(H2,12,15). The third-order valence-corrected chi connectivity index (χ3v) is 2.51. The fourth-order valence-electron chi connectivity index (χ4n) is 1.61. The number of ether oxygens (including phenoxy) is 1. The van der Waals surface area contributed by atoms with Gasteiger partial charge in [-0.05, 0) is 6.07 Å². The summed E-state index contributed by atoms with van der Waals surface area (Å²) in [7, 11) is 1.58. The molecule has 0 saturated carbocycles. The molecule has 0 aliphatic heterocycles. The number of benzene rings is 1. The predicted octanol–water partition coefficient (Wildman–Crippen LogP) is 1.29. The quantitative estimate of drug-likeness (QED) is 0.459. The maximum Gasteiger partial charge on any atom is 0.313 e. The Labute approximate surface area is 113 Å². The second-order valence-electron chi connectivity index (χ2n) is 3.85. The Bertz CT molecular complexity index is 613. The fourth-order valence-corrected chi connectivity index (χ4v) is 1.61. The molecule has 1 heterocycles. The van der Waals surface area contributed by atoms with E-state index < -0.39 is 4.92 Å². The summed E-state index contributed by atoms with van der Waals surface area (Å²) in [6.07, 6.45) is 0. The van der Waals surface area contributed by atoms with E-state index in [1.807, 2.05) is 0 Å². The van der Waals surface area contributed by atoms with Crippen molar-refractivity contribution in [1.29, 1.82) is 0 Å². The maximum atomic E-state index is 10.8. The van der Waals surface area contributed by atoms with Crippen LogP contribution in [0, 0.1) is 10.1 Å². The second-order valence-corrected chi connectivity index (χ2v) is 3.85. The largest absolute Gasteiger partial charge is 0.403 e. The Hall–Kier alpha value is -2.68. The number of nitrogens with two attached hydrogens (primary N) is 1. The van der Waals surface area contributed by atoms with Gasteiger partial charge in [0.25, 0.3) is 11.6 Å². The van der Waals surface area contributed by atoms with Crippen LogP contribution in [0.4, 0.5) is 17.4 Å². The molecule has 3 N–H and O–H groups in total. The van der Waals surface area contributed by atoms with E-state index in [1.54, 1.807) is 13.2 Å². The molecule has 0 amide bonds. The molecule has 0 spiro atoms. The third-order valence-electron chi connectivity index (χ3n) is 2.51. The predicted molar refractivity (Wildman–Crippen MR) is 71.2 cm³/mol. The van der Waals surface area contributed by atoms with Crippen molar-refractivity contribution in [2.24, 2.45) is 0 Å². The molecule has 0 aliphatic carbocycles. The summed E-state index contributed by atoms with van der Waals surface area (Å²) in [5, 5.41) is 21.2. The highest BCUT2D eigenvalue weighted by Gasteiger charge is 2.16. The first kappa shape index (κ1) is 13.7. The fraction of sp³-hybridized carbons (Fsp3) is 0.273. The third kappa shape index (κ3) is 3.01. The van der Waals surface area contributed by atoms with E-state index in [4.69, 9.17) is 14.9 Å². The van der Waals surface area contributed by atoms with Crippen molar-refractivity contribution >= 4 is 17.4 Å². The summed E-state index contributed by atoms with van der Waals surface area (Å²) in [5.41, 5.74) is 6.33.